The summed E-state index contributed by atoms with van der Waals surface area (Å²) in [6.07, 6.45) is 0.748. The molecule has 0 bridgehead atoms. The van der Waals surface area contributed by atoms with Gasteiger partial charge in [-0.25, -0.2) is 0 Å². The van der Waals surface area contributed by atoms with Gasteiger partial charge in [-0.2, -0.15) is 0 Å². The lowest BCUT2D eigenvalue weighted by molar-refractivity contribution is -0.124. The number of hydrogen-bond acceptors (Lipinski definition) is 2. The molecular weight excluding hydrogens is 94.0 g/mol. The smallest absolute Gasteiger partial charge is 0.227 e. The van der Waals surface area contributed by atoms with E-state index < -0.39 is 0 Å². The minimum absolute atomic E-state index is 0. The van der Waals surface area contributed by atoms with Crippen LogP contribution in [0.2, 0.25) is 0 Å². The Labute approximate surface area is 42.2 Å². The summed E-state index contributed by atoms with van der Waals surface area (Å²) in [5.41, 5.74) is 0. The van der Waals surface area contributed by atoms with Gasteiger partial charge in [-0.15, -0.1) is 0 Å². The van der Waals surface area contributed by atoms with Gasteiger partial charge in [-0.1, -0.05) is 0 Å². The molecule has 1 saturated heterocycles. The number of hydrogen-bond donors (Lipinski definition) is 1. The molecule has 0 aromatic heterocycles. The molecule has 1 rings (SSSR count). The van der Waals surface area contributed by atoms with E-state index in [1.807, 2.05) is 0 Å². The Morgan fingerprint density at radius 1 is 1.29 bits per heavy atom. The van der Waals surface area contributed by atoms with Gasteiger partial charge in [0.05, 0.1) is 0 Å². The van der Waals surface area contributed by atoms with Gasteiger partial charge < -0.3 is 0 Å². The molecule has 0 saturated carbocycles. The van der Waals surface area contributed by atoms with E-state index in [2.05, 4.69) is 5.32 Å². The Bertz CT molecular complexity index is 109. The Hall–Kier alpha value is -0.860. The second-order valence-corrected chi connectivity index (χ2v) is 1.47. The SMILES string of the molecule is O=C1CCC(=O)N1.[HH]. The van der Waals surface area contributed by atoms with Gasteiger partial charge in [-0.05, 0) is 0 Å². The molecule has 1 fully saturated rings. The van der Waals surface area contributed by atoms with Crippen LogP contribution in [0.15, 0.2) is 0 Å². The molecule has 0 aromatic rings. The maximum atomic E-state index is 10.1. The molecule has 0 atom stereocenters. The van der Waals surface area contributed by atoms with Crippen molar-refractivity contribution in [1.82, 2.24) is 5.32 Å². The highest BCUT2D eigenvalue weighted by Gasteiger charge is 2.15. The van der Waals surface area contributed by atoms with Crippen molar-refractivity contribution in [3.05, 3.63) is 0 Å². The summed E-state index contributed by atoms with van der Waals surface area (Å²) in [6.45, 7) is 0. The summed E-state index contributed by atoms with van der Waals surface area (Å²) in [5, 5.41) is 2.14. The van der Waals surface area contributed by atoms with Crippen molar-refractivity contribution in [2.24, 2.45) is 0 Å². The lowest BCUT2D eigenvalue weighted by Gasteiger charge is -1.79. The molecule has 3 nitrogen and oxygen atoms in total. The zero-order chi connectivity index (χ0) is 5.28. The summed E-state index contributed by atoms with van der Waals surface area (Å²) >= 11 is 0. The van der Waals surface area contributed by atoms with E-state index in [0.717, 1.165) is 0 Å². The summed E-state index contributed by atoms with van der Waals surface area (Å²) in [5.74, 6) is -0.296. The highest BCUT2D eigenvalue weighted by atomic mass is 16.2. The zero-order valence-corrected chi connectivity index (χ0v) is 3.73. The van der Waals surface area contributed by atoms with Gasteiger partial charge >= 0.3 is 0 Å². The van der Waals surface area contributed by atoms with Gasteiger partial charge in [-0.3, -0.25) is 14.9 Å². The summed E-state index contributed by atoms with van der Waals surface area (Å²) in [7, 11) is 0. The Balaban J connectivity index is 0.000000490. The van der Waals surface area contributed by atoms with E-state index >= 15 is 0 Å². The number of carbonyl (C=O) groups is 2. The lowest BCUT2D eigenvalue weighted by atomic mass is 10.4. The molecule has 1 aliphatic rings. The first-order valence-corrected chi connectivity index (χ1v) is 2.12. The van der Waals surface area contributed by atoms with Gasteiger partial charge in [0.2, 0.25) is 11.8 Å². The quantitative estimate of drug-likeness (QED) is 0.424. The molecule has 1 N–H and O–H groups in total. The first kappa shape index (κ1) is 4.30. The van der Waals surface area contributed by atoms with Crippen molar-refractivity contribution in [3.8, 4) is 0 Å². The highest BCUT2D eigenvalue weighted by molar-refractivity contribution is 6.01. The van der Waals surface area contributed by atoms with E-state index in [1.165, 1.54) is 0 Å². The molecule has 0 spiro atoms. The van der Waals surface area contributed by atoms with Crippen molar-refractivity contribution in [1.29, 1.82) is 0 Å². The number of imide groups is 1. The van der Waals surface area contributed by atoms with Crippen molar-refractivity contribution >= 4 is 11.8 Å². The fourth-order valence-electron chi connectivity index (χ4n) is 0.508. The van der Waals surface area contributed by atoms with Crippen molar-refractivity contribution < 1.29 is 11.0 Å². The standard InChI is InChI=1S/C4H5NO2.H2/c6-3-1-2-4(7)5-3;/h1-2H2,(H,5,6,7);1H. The number of carbonyl (C=O) groups excluding carboxylic acids is 2. The van der Waals surface area contributed by atoms with Crippen LogP contribution in [0, 0.1) is 0 Å². The number of rotatable bonds is 0. The maximum absolute atomic E-state index is 10.1. The van der Waals surface area contributed by atoms with Gasteiger partial charge in [0.15, 0.2) is 0 Å². The second-order valence-electron chi connectivity index (χ2n) is 1.47. The third-order valence-electron chi connectivity index (χ3n) is 0.858. The van der Waals surface area contributed by atoms with Crippen molar-refractivity contribution in [3.63, 3.8) is 0 Å². The first-order valence-electron chi connectivity index (χ1n) is 2.12. The van der Waals surface area contributed by atoms with Crippen LogP contribution < -0.4 is 5.32 Å². The van der Waals surface area contributed by atoms with Gasteiger partial charge in [0.25, 0.3) is 0 Å². The normalized spacial score (nSPS) is 20.0. The van der Waals surface area contributed by atoms with Crippen molar-refractivity contribution in [2.45, 2.75) is 12.8 Å². The van der Waals surface area contributed by atoms with Crippen LogP contribution in [0.5, 0.6) is 0 Å². The lowest BCUT2D eigenvalue weighted by Crippen LogP contribution is -2.18. The van der Waals surface area contributed by atoms with E-state index in [-0.39, 0.29) is 13.2 Å². The number of nitrogens with one attached hydrogen (secondary N) is 1. The zero-order valence-electron chi connectivity index (χ0n) is 3.73. The average Bonchev–Trinajstić information content (AvgIpc) is 1.87. The van der Waals surface area contributed by atoms with Crippen LogP contribution in [0.3, 0.4) is 0 Å². The maximum Gasteiger partial charge on any atom is 0.227 e. The van der Waals surface area contributed by atoms with Crippen LogP contribution in [0.25, 0.3) is 0 Å². The minimum Gasteiger partial charge on any atom is -0.296 e. The second kappa shape index (κ2) is 1.33. The largest absolute Gasteiger partial charge is 0.296 e. The van der Waals surface area contributed by atoms with Crippen LogP contribution in [-0.2, 0) is 9.59 Å². The predicted octanol–water partition coefficient (Wildman–Crippen LogP) is -0.331. The molecule has 0 aromatic carbocycles. The highest BCUT2D eigenvalue weighted by Crippen LogP contribution is 1.95. The van der Waals surface area contributed by atoms with Crippen LogP contribution in [0.1, 0.15) is 14.3 Å². The monoisotopic (exact) mass is 101 g/mol. The predicted molar refractivity (Wildman–Crippen MR) is 24.5 cm³/mol. The van der Waals surface area contributed by atoms with Gasteiger partial charge in [0.1, 0.15) is 0 Å². The molecule has 1 heterocycles. The fraction of sp³-hybridized carbons (Fsp3) is 0.500. The molecule has 0 radical (unpaired) electrons. The molecule has 7 heavy (non-hydrogen) atoms. The molecular formula is C4H7NO2. The average molecular weight is 101 g/mol. The van der Waals surface area contributed by atoms with E-state index in [4.69, 9.17) is 0 Å². The molecule has 0 unspecified atom stereocenters. The van der Waals surface area contributed by atoms with Gasteiger partial charge in [0, 0.05) is 14.3 Å². The minimum atomic E-state index is -0.148. The topological polar surface area (TPSA) is 46.2 Å². The van der Waals surface area contributed by atoms with E-state index in [0.29, 0.717) is 12.8 Å². The Kier molecular flexibility index (Phi) is 0.817. The summed E-state index contributed by atoms with van der Waals surface area (Å²) < 4.78 is 0. The Morgan fingerprint density at radius 2 is 1.71 bits per heavy atom. The Morgan fingerprint density at radius 3 is 1.86 bits per heavy atom. The molecule has 1 aliphatic heterocycles. The number of amides is 2. The molecule has 40 valence electrons. The molecule has 2 amide bonds. The molecule has 3 heteroatoms. The third kappa shape index (κ3) is 0.765. The summed E-state index contributed by atoms with van der Waals surface area (Å²) in [6, 6.07) is 0. The van der Waals surface area contributed by atoms with Crippen LogP contribution in [-0.4, -0.2) is 11.8 Å². The third-order valence-corrected chi connectivity index (χ3v) is 0.858. The van der Waals surface area contributed by atoms with Crippen LogP contribution in [0.4, 0.5) is 0 Å². The van der Waals surface area contributed by atoms with Crippen LogP contribution >= 0.6 is 0 Å². The fourth-order valence-corrected chi connectivity index (χ4v) is 0.508. The van der Waals surface area contributed by atoms with E-state index in [9.17, 15) is 9.59 Å². The summed E-state index contributed by atoms with van der Waals surface area (Å²) in [4.78, 5) is 20.2. The molecule has 0 aliphatic carbocycles. The van der Waals surface area contributed by atoms with E-state index in [1.54, 1.807) is 0 Å². The first-order chi connectivity index (χ1) is 3.29. The van der Waals surface area contributed by atoms with Crippen molar-refractivity contribution in [2.75, 3.05) is 0 Å².